The molecular formula is C12H14N6. The van der Waals surface area contributed by atoms with Crippen molar-refractivity contribution in [1.29, 1.82) is 0 Å². The second-order valence-corrected chi connectivity index (χ2v) is 4.44. The van der Waals surface area contributed by atoms with Crippen LogP contribution in [0, 0.1) is 20.8 Å². The molecule has 0 aliphatic rings. The zero-order chi connectivity index (χ0) is 12.9. The van der Waals surface area contributed by atoms with Crippen LogP contribution in [0.3, 0.4) is 0 Å². The Labute approximate surface area is 104 Å². The molecule has 3 N–H and O–H groups in total. The Balaban J connectivity index is 2.55. The van der Waals surface area contributed by atoms with Gasteiger partial charge in [-0.15, -0.1) is 5.10 Å². The molecule has 0 atom stereocenters. The number of aromatic nitrogens is 4. The predicted molar refractivity (Wildman–Crippen MR) is 70.3 cm³/mol. The van der Waals surface area contributed by atoms with E-state index in [4.69, 9.17) is 5.84 Å². The van der Waals surface area contributed by atoms with Crippen LogP contribution < -0.4 is 11.3 Å². The van der Waals surface area contributed by atoms with Crippen molar-refractivity contribution in [3.05, 3.63) is 29.1 Å². The van der Waals surface area contributed by atoms with Gasteiger partial charge in [0.1, 0.15) is 5.82 Å². The summed E-state index contributed by atoms with van der Waals surface area (Å²) < 4.78 is 1.69. The molecule has 0 unspecified atom stereocenters. The first-order chi connectivity index (χ1) is 8.60. The molecule has 0 saturated heterocycles. The van der Waals surface area contributed by atoms with Gasteiger partial charge in [0.25, 0.3) is 0 Å². The lowest BCUT2D eigenvalue weighted by Crippen LogP contribution is -2.12. The van der Waals surface area contributed by atoms with Gasteiger partial charge in [-0.05, 0) is 32.4 Å². The topological polar surface area (TPSA) is 81.1 Å². The average molecular weight is 242 g/mol. The van der Waals surface area contributed by atoms with E-state index in [0.717, 1.165) is 28.0 Å². The van der Waals surface area contributed by atoms with Gasteiger partial charge in [-0.25, -0.2) is 15.8 Å². The van der Waals surface area contributed by atoms with Gasteiger partial charge in [0.05, 0.1) is 5.39 Å². The molecule has 0 amide bonds. The number of anilines is 1. The SMILES string of the molecule is Cc1cc(C)c2c(n1)nn1c(NN)cc(C)nc21. The minimum atomic E-state index is 0.696. The summed E-state index contributed by atoms with van der Waals surface area (Å²) in [4.78, 5) is 8.97. The number of aryl methyl sites for hydroxylation is 3. The van der Waals surface area contributed by atoms with Crippen LogP contribution in [-0.2, 0) is 0 Å². The number of pyridine rings is 1. The molecule has 18 heavy (non-hydrogen) atoms. The number of rotatable bonds is 1. The van der Waals surface area contributed by atoms with Gasteiger partial charge in [-0.2, -0.15) is 4.52 Å². The number of nitrogen functional groups attached to an aromatic ring is 1. The summed E-state index contributed by atoms with van der Waals surface area (Å²) >= 11 is 0. The minimum absolute atomic E-state index is 0.696. The maximum Gasteiger partial charge on any atom is 0.184 e. The third-order valence-electron chi connectivity index (χ3n) is 2.95. The summed E-state index contributed by atoms with van der Waals surface area (Å²) in [6.45, 7) is 5.92. The fraction of sp³-hybridized carbons (Fsp3) is 0.250. The van der Waals surface area contributed by atoms with Crippen LogP contribution >= 0.6 is 0 Å². The highest BCUT2D eigenvalue weighted by Crippen LogP contribution is 2.24. The molecule has 3 aromatic rings. The number of hydrazine groups is 1. The molecule has 92 valence electrons. The lowest BCUT2D eigenvalue weighted by molar-refractivity contribution is 0.933. The molecule has 0 aliphatic carbocycles. The standard InChI is InChI=1S/C12H14N6/c1-6-4-7(2)14-11-10(6)12-15-8(3)5-9(16-13)18(12)17-11/h4-5,16H,13H2,1-3H3. The van der Waals surface area contributed by atoms with Gasteiger partial charge in [0.2, 0.25) is 0 Å². The highest BCUT2D eigenvalue weighted by atomic mass is 15.4. The first kappa shape index (κ1) is 10.9. The third kappa shape index (κ3) is 1.42. The summed E-state index contributed by atoms with van der Waals surface area (Å²) in [5.41, 5.74) is 7.07. The van der Waals surface area contributed by atoms with E-state index in [1.165, 1.54) is 0 Å². The number of nitrogens with two attached hydrogens (primary N) is 1. The van der Waals surface area contributed by atoms with E-state index in [1.54, 1.807) is 4.52 Å². The highest BCUT2D eigenvalue weighted by Gasteiger charge is 2.13. The van der Waals surface area contributed by atoms with Crippen LogP contribution in [0.5, 0.6) is 0 Å². The summed E-state index contributed by atoms with van der Waals surface area (Å²) in [5.74, 6) is 6.22. The second-order valence-electron chi connectivity index (χ2n) is 4.44. The Morgan fingerprint density at radius 2 is 1.83 bits per heavy atom. The molecular weight excluding hydrogens is 228 g/mol. The highest BCUT2D eigenvalue weighted by molar-refractivity contribution is 5.93. The van der Waals surface area contributed by atoms with Gasteiger partial charge < -0.3 is 5.43 Å². The van der Waals surface area contributed by atoms with Crippen LogP contribution in [0.1, 0.15) is 17.0 Å². The van der Waals surface area contributed by atoms with Crippen molar-refractivity contribution in [1.82, 2.24) is 19.6 Å². The molecule has 6 nitrogen and oxygen atoms in total. The van der Waals surface area contributed by atoms with E-state index in [9.17, 15) is 0 Å². The molecule has 0 bridgehead atoms. The van der Waals surface area contributed by atoms with Gasteiger partial charge in [-0.1, -0.05) is 0 Å². The number of fused-ring (bicyclic) bond motifs is 3. The zero-order valence-electron chi connectivity index (χ0n) is 10.5. The molecule has 3 aromatic heterocycles. The summed E-state index contributed by atoms with van der Waals surface area (Å²) in [6, 6.07) is 3.88. The van der Waals surface area contributed by atoms with Crippen molar-refractivity contribution in [2.24, 2.45) is 5.84 Å². The van der Waals surface area contributed by atoms with E-state index in [2.05, 4.69) is 20.5 Å². The third-order valence-corrected chi connectivity index (χ3v) is 2.95. The van der Waals surface area contributed by atoms with Crippen LogP contribution in [0.15, 0.2) is 12.1 Å². The van der Waals surface area contributed by atoms with E-state index in [1.807, 2.05) is 32.9 Å². The summed E-state index contributed by atoms with van der Waals surface area (Å²) in [6.07, 6.45) is 0. The van der Waals surface area contributed by atoms with Crippen LogP contribution in [0.4, 0.5) is 5.82 Å². The van der Waals surface area contributed by atoms with E-state index >= 15 is 0 Å². The van der Waals surface area contributed by atoms with Gasteiger partial charge in [-0.3, -0.25) is 0 Å². The molecule has 0 spiro atoms. The Morgan fingerprint density at radius 1 is 1.11 bits per heavy atom. The molecule has 6 heteroatoms. The van der Waals surface area contributed by atoms with Crippen molar-refractivity contribution in [3.8, 4) is 0 Å². The summed E-state index contributed by atoms with van der Waals surface area (Å²) in [5, 5.41) is 5.42. The lowest BCUT2D eigenvalue weighted by Gasteiger charge is -2.04. The van der Waals surface area contributed by atoms with Crippen molar-refractivity contribution < 1.29 is 0 Å². The minimum Gasteiger partial charge on any atom is -0.308 e. The Kier molecular flexibility index (Phi) is 2.21. The van der Waals surface area contributed by atoms with Gasteiger partial charge in [0.15, 0.2) is 11.3 Å². The van der Waals surface area contributed by atoms with Gasteiger partial charge in [0, 0.05) is 17.5 Å². The van der Waals surface area contributed by atoms with E-state index < -0.39 is 0 Å². The van der Waals surface area contributed by atoms with Crippen LogP contribution in [0.2, 0.25) is 0 Å². The molecule has 0 saturated carbocycles. The molecule has 3 rings (SSSR count). The Bertz CT molecular complexity index is 758. The fourth-order valence-corrected chi connectivity index (χ4v) is 2.25. The zero-order valence-corrected chi connectivity index (χ0v) is 10.5. The maximum absolute atomic E-state index is 5.52. The predicted octanol–water partition coefficient (Wildman–Crippen LogP) is 1.49. The molecule has 0 radical (unpaired) electrons. The average Bonchev–Trinajstić information content (AvgIpc) is 2.65. The Morgan fingerprint density at radius 3 is 2.56 bits per heavy atom. The van der Waals surface area contributed by atoms with Crippen LogP contribution in [-0.4, -0.2) is 19.6 Å². The molecule has 3 heterocycles. The van der Waals surface area contributed by atoms with Crippen molar-refractivity contribution in [2.45, 2.75) is 20.8 Å². The quantitative estimate of drug-likeness (QED) is 0.499. The van der Waals surface area contributed by atoms with E-state index in [0.29, 0.717) is 11.5 Å². The number of nitrogens with one attached hydrogen (secondary N) is 1. The number of nitrogens with zero attached hydrogens (tertiary/aromatic N) is 4. The Hall–Kier alpha value is -2.21. The smallest absolute Gasteiger partial charge is 0.184 e. The van der Waals surface area contributed by atoms with E-state index in [-0.39, 0.29) is 0 Å². The first-order valence-electron chi connectivity index (χ1n) is 5.71. The fourth-order valence-electron chi connectivity index (χ4n) is 2.25. The monoisotopic (exact) mass is 242 g/mol. The lowest BCUT2D eigenvalue weighted by atomic mass is 10.2. The molecule has 0 aliphatic heterocycles. The van der Waals surface area contributed by atoms with Gasteiger partial charge >= 0.3 is 0 Å². The maximum atomic E-state index is 5.52. The van der Waals surface area contributed by atoms with Crippen molar-refractivity contribution in [3.63, 3.8) is 0 Å². The molecule has 0 aromatic carbocycles. The van der Waals surface area contributed by atoms with Crippen molar-refractivity contribution in [2.75, 3.05) is 5.43 Å². The summed E-state index contributed by atoms with van der Waals surface area (Å²) in [7, 11) is 0. The first-order valence-corrected chi connectivity index (χ1v) is 5.71. The second kappa shape index (κ2) is 3.64. The van der Waals surface area contributed by atoms with Crippen LogP contribution in [0.25, 0.3) is 16.7 Å². The normalized spacial score (nSPS) is 11.3. The largest absolute Gasteiger partial charge is 0.308 e. The number of hydrogen-bond acceptors (Lipinski definition) is 5. The number of hydrogen-bond donors (Lipinski definition) is 2. The van der Waals surface area contributed by atoms with Crippen molar-refractivity contribution >= 4 is 22.5 Å². The molecule has 0 fully saturated rings.